The van der Waals surface area contributed by atoms with Crippen LogP contribution in [0.2, 0.25) is 0 Å². The van der Waals surface area contributed by atoms with Gasteiger partial charge in [-0.3, -0.25) is 0 Å². The van der Waals surface area contributed by atoms with Crippen molar-refractivity contribution in [2.24, 2.45) is 11.8 Å². The number of hydrogen-bond acceptors (Lipinski definition) is 1. The highest BCUT2D eigenvalue weighted by Crippen LogP contribution is 2.28. The van der Waals surface area contributed by atoms with Crippen LogP contribution >= 0.6 is 0 Å². The van der Waals surface area contributed by atoms with Crippen LogP contribution in [0.5, 0.6) is 0 Å². The van der Waals surface area contributed by atoms with Crippen LogP contribution in [0.4, 0.5) is 0 Å². The molecule has 0 radical (unpaired) electrons. The van der Waals surface area contributed by atoms with Crippen LogP contribution in [0.1, 0.15) is 46.5 Å². The van der Waals surface area contributed by atoms with Crippen molar-refractivity contribution in [3.63, 3.8) is 0 Å². The topological polar surface area (TPSA) is 3.24 Å². The van der Waals surface area contributed by atoms with E-state index in [1.54, 1.807) is 0 Å². The quantitative estimate of drug-likeness (QED) is 0.624. The van der Waals surface area contributed by atoms with Crippen molar-refractivity contribution >= 4 is 0 Å². The zero-order chi connectivity index (χ0) is 11.3. The molecule has 1 nitrogen and oxygen atoms in total. The monoisotopic (exact) mass is 209 g/mol. The van der Waals surface area contributed by atoms with E-state index >= 15 is 0 Å². The van der Waals surface area contributed by atoms with E-state index in [1.807, 2.05) is 0 Å². The van der Waals surface area contributed by atoms with Crippen LogP contribution in [0.15, 0.2) is 12.2 Å². The van der Waals surface area contributed by atoms with Crippen molar-refractivity contribution in [3.05, 3.63) is 12.2 Å². The maximum atomic E-state index is 4.25. The molecule has 0 aromatic rings. The Bertz CT molecular complexity index is 188. The van der Waals surface area contributed by atoms with Gasteiger partial charge in [0, 0.05) is 0 Å². The molecule has 1 heterocycles. The zero-order valence-corrected chi connectivity index (χ0v) is 10.8. The highest BCUT2D eigenvalue weighted by atomic mass is 15.1. The molecule has 0 aliphatic carbocycles. The van der Waals surface area contributed by atoms with Crippen molar-refractivity contribution < 1.29 is 0 Å². The van der Waals surface area contributed by atoms with E-state index < -0.39 is 0 Å². The van der Waals surface area contributed by atoms with E-state index in [1.165, 1.54) is 50.9 Å². The molecular formula is C14H27N. The van der Waals surface area contributed by atoms with Crippen molar-refractivity contribution in [1.29, 1.82) is 0 Å². The Morgan fingerprint density at radius 1 is 1.33 bits per heavy atom. The molecule has 15 heavy (non-hydrogen) atoms. The van der Waals surface area contributed by atoms with Gasteiger partial charge in [-0.2, -0.15) is 0 Å². The van der Waals surface area contributed by atoms with Gasteiger partial charge in [-0.25, -0.2) is 0 Å². The third kappa shape index (κ3) is 3.98. The average molecular weight is 209 g/mol. The normalized spacial score (nSPS) is 19.7. The molecule has 88 valence electrons. The van der Waals surface area contributed by atoms with Gasteiger partial charge >= 0.3 is 0 Å². The first-order valence-electron chi connectivity index (χ1n) is 6.56. The molecule has 0 amide bonds. The smallest absolute Gasteiger partial charge is 0.00130 e. The second-order valence-electron chi connectivity index (χ2n) is 5.20. The van der Waals surface area contributed by atoms with Crippen molar-refractivity contribution in [2.75, 3.05) is 19.6 Å². The molecule has 0 saturated carbocycles. The number of likely N-dealkylation sites (tertiary alicyclic amines) is 1. The average Bonchev–Trinajstić information content (AvgIpc) is 2.26. The van der Waals surface area contributed by atoms with Gasteiger partial charge in [-0.15, -0.1) is 0 Å². The van der Waals surface area contributed by atoms with Crippen LogP contribution in [-0.2, 0) is 0 Å². The van der Waals surface area contributed by atoms with E-state index in [2.05, 4.69) is 32.3 Å². The van der Waals surface area contributed by atoms with Gasteiger partial charge in [0.05, 0.1) is 0 Å². The molecule has 1 aliphatic heterocycles. The number of piperidine rings is 1. The standard InChI is InChI=1S/C14H27N/c1-5-6-9-15-10-7-14(8-11-15)13(4)12(2)3/h12,14H,4-11H2,1-3H3. The molecule has 1 saturated heterocycles. The molecule has 0 N–H and O–H groups in total. The van der Waals surface area contributed by atoms with Crippen LogP contribution in [0, 0.1) is 11.8 Å². The lowest BCUT2D eigenvalue weighted by Crippen LogP contribution is -2.35. The summed E-state index contributed by atoms with van der Waals surface area (Å²) < 4.78 is 0. The molecule has 0 bridgehead atoms. The van der Waals surface area contributed by atoms with E-state index in [9.17, 15) is 0 Å². The Labute approximate surface area is 95.5 Å². The Kier molecular flexibility index (Phi) is 5.38. The second-order valence-corrected chi connectivity index (χ2v) is 5.20. The Morgan fingerprint density at radius 3 is 2.40 bits per heavy atom. The summed E-state index contributed by atoms with van der Waals surface area (Å²) in [6, 6.07) is 0. The summed E-state index contributed by atoms with van der Waals surface area (Å²) in [5.74, 6) is 1.46. The predicted molar refractivity (Wildman–Crippen MR) is 68.1 cm³/mol. The minimum Gasteiger partial charge on any atom is -0.303 e. The largest absolute Gasteiger partial charge is 0.303 e. The van der Waals surface area contributed by atoms with E-state index in [4.69, 9.17) is 0 Å². The maximum absolute atomic E-state index is 4.25. The summed E-state index contributed by atoms with van der Waals surface area (Å²) in [5, 5.41) is 0. The highest BCUT2D eigenvalue weighted by molar-refractivity contribution is 5.04. The minimum atomic E-state index is 0.664. The fraction of sp³-hybridized carbons (Fsp3) is 0.857. The molecule has 0 atom stereocenters. The second kappa shape index (κ2) is 6.32. The number of unbranched alkanes of at least 4 members (excludes halogenated alkanes) is 1. The molecule has 0 aromatic heterocycles. The first-order valence-corrected chi connectivity index (χ1v) is 6.56. The van der Waals surface area contributed by atoms with Gasteiger partial charge in [0.2, 0.25) is 0 Å². The first kappa shape index (κ1) is 12.8. The fourth-order valence-corrected chi connectivity index (χ4v) is 2.38. The van der Waals surface area contributed by atoms with Crippen molar-refractivity contribution in [3.8, 4) is 0 Å². The van der Waals surface area contributed by atoms with Crippen LogP contribution in [0.25, 0.3) is 0 Å². The third-order valence-electron chi connectivity index (χ3n) is 3.68. The van der Waals surface area contributed by atoms with Gasteiger partial charge < -0.3 is 4.90 Å². The van der Waals surface area contributed by atoms with Gasteiger partial charge in [-0.1, -0.05) is 39.3 Å². The molecule has 1 fully saturated rings. The van der Waals surface area contributed by atoms with Crippen LogP contribution in [-0.4, -0.2) is 24.5 Å². The molecule has 1 aliphatic rings. The van der Waals surface area contributed by atoms with E-state index in [-0.39, 0.29) is 0 Å². The lowest BCUT2D eigenvalue weighted by molar-refractivity contribution is 0.192. The minimum absolute atomic E-state index is 0.664. The summed E-state index contributed by atoms with van der Waals surface area (Å²) in [4.78, 5) is 2.62. The number of hydrogen-bond donors (Lipinski definition) is 0. The molecule has 1 heteroatoms. The molecule has 0 unspecified atom stereocenters. The summed E-state index contributed by atoms with van der Waals surface area (Å²) >= 11 is 0. The van der Waals surface area contributed by atoms with Crippen molar-refractivity contribution in [1.82, 2.24) is 4.90 Å². The van der Waals surface area contributed by atoms with Crippen molar-refractivity contribution in [2.45, 2.75) is 46.5 Å². The van der Waals surface area contributed by atoms with Crippen LogP contribution < -0.4 is 0 Å². The van der Waals surface area contributed by atoms with Gasteiger partial charge in [0.1, 0.15) is 0 Å². The number of nitrogens with zero attached hydrogens (tertiary/aromatic N) is 1. The lowest BCUT2D eigenvalue weighted by atomic mass is 9.84. The number of rotatable bonds is 5. The summed E-state index contributed by atoms with van der Waals surface area (Å²) in [5.41, 5.74) is 1.48. The van der Waals surface area contributed by atoms with Gasteiger partial charge in [-0.05, 0) is 50.7 Å². The zero-order valence-electron chi connectivity index (χ0n) is 10.8. The Morgan fingerprint density at radius 2 is 1.93 bits per heavy atom. The van der Waals surface area contributed by atoms with Gasteiger partial charge in [0.15, 0.2) is 0 Å². The first-order chi connectivity index (χ1) is 7.15. The van der Waals surface area contributed by atoms with Gasteiger partial charge in [0.25, 0.3) is 0 Å². The van der Waals surface area contributed by atoms with E-state index in [0.29, 0.717) is 5.92 Å². The molecule has 1 rings (SSSR count). The summed E-state index contributed by atoms with van der Waals surface area (Å²) in [7, 11) is 0. The Balaban J connectivity index is 2.26. The maximum Gasteiger partial charge on any atom is -0.00130 e. The Hall–Kier alpha value is -0.300. The van der Waals surface area contributed by atoms with Crippen LogP contribution in [0.3, 0.4) is 0 Å². The predicted octanol–water partition coefficient (Wildman–Crippen LogP) is 3.71. The van der Waals surface area contributed by atoms with E-state index in [0.717, 1.165) is 5.92 Å². The molecule has 0 spiro atoms. The molecular weight excluding hydrogens is 182 g/mol. The lowest BCUT2D eigenvalue weighted by Gasteiger charge is -2.33. The SMILES string of the molecule is C=C(C(C)C)C1CCN(CCCC)CC1. The highest BCUT2D eigenvalue weighted by Gasteiger charge is 2.21. The summed E-state index contributed by atoms with van der Waals surface area (Å²) in [6.07, 6.45) is 5.34. The molecule has 0 aromatic carbocycles. The third-order valence-corrected chi connectivity index (χ3v) is 3.68. The fourth-order valence-electron chi connectivity index (χ4n) is 2.38. The summed E-state index contributed by atoms with van der Waals surface area (Å²) in [6.45, 7) is 14.9. The number of allylic oxidation sites excluding steroid dienone is 1.